The molecule has 1 aromatic rings. The summed E-state index contributed by atoms with van der Waals surface area (Å²) < 4.78 is 5.59. The van der Waals surface area contributed by atoms with E-state index in [1.165, 1.54) is 24.3 Å². The van der Waals surface area contributed by atoms with Gasteiger partial charge in [0.1, 0.15) is 0 Å². The molecule has 1 aromatic heterocycles. The molecule has 1 aliphatic rings. The molecule has 1 fully saturated rings. The quantitative estimate of drug-likeness (QED) is 0.891. The highest BCUT2D eigenvalue weighted by atomic mass is 32.1. The molecular formula is C14H24N2OS. The van der Waals surface area contributed by atoms with Crippen LogP contribution in [-0.2, 0) is 16.7 Å². The Labute approximate surface area is 114 Å². The Morgan fingerprint density at radius 3 is 2.61 bits per heavy atom. The van der Waals surface area contributed by atoms with Crippen LogP contribution in [0.15, 0.2) is 5.38 Å². The van der Waals surface area contributed by atoms with Gasteiger partial charge in [-0.15, -0.1) is 11.3 Å². The number of thiazole rings is 1. The van der Waals surface area contributed by atoms with Gasteiger partial charge in [0.25, 0.3) is 0 Å². The van der Waals surface area contributed by atoms with Crippen molar-refractivity contribution >= 4 is 11.3 Å². The van der Waals surface area contributed by atoms with Gasteiger partial charge in [-0.25, -0.2) is 4.98 Å². The predicted molar refractivity (Wildman–Crippen MR) is 76.1 cm³/mol. The second-order valence-corrected chi connectivity index (χ2v) is 7.10. The molecule has 0 bridgehead atoms. The van der Waals surface area contributed by atoms with E-state index < -0.39 is 0 Å². The maximum absolute atomic E-state index is 5.59. The third kappa shape index (κ3) is 3.11. The molecule has 0 aromatic carbocycles. The van der Waals surface area contributed by atoms with Crippen LogP contribution in [0.2, 0.25) is 0 Å². The number of aromatic nitrogens is 1. The van der Waals surface area contributed by atoms with Gasteiger partial charge in [-0.2, -0.15) is 0 Å². The van der Waals surface area contributed by atoms with Crippen LogP contribution in [0.3, 0.4) is 0 Å². The van der Waals surface area contributed by atoms with Gasteiger partial charge in [-0.1, -0.05) is 20.8 Å². The van der Waals surface area contributed by atoms with E-state index in [2.05, 4.69) is 36.5 Å². The molecule has 1 aliphatic carbocycles. The summed E-state index contributed by atoms with van der Waals surface area (Å²) in [5.74, 6) is 0. The van der Waals surface area contributed by atoms with E-state index in [-0.39, 0.29) is 11.0 Å². The molecule has 0 aliphatic heterocycles. The van der Waals surface area contributed by atoms with Gasteiger partial charge in [0.15, 0.2) is 0 Å². The molecule has 1 saturated carbocycles. The van der Waals surface area contributed by atoms with Crippen molar-refractivity contribution in [2.24, 2.45) is 0 Å². The Morgan fingerprint density at radius 1 is 1.44 bits per heavy atom. The average molecular weight is 268 g/mol. The lowest BCUT2D eigenvalue weighted by Crippen LogP contribution is -2.47. The highest BCUT2D eigenvalue weighted by molar-refractivity contribution is 7.09. The largest absolute Gasteiger partial charge is 0.377 e. The number of hydrogen-bond donors (Lipinski definition) is 1. The van der Waals surface area contributed by atoms with Gasteiger partial charge >= 0.3 is 0 Å². The summed E-state index contributed by atoms with van der Waals surface area (Å²) in [6.45, 7) is 8.40. The van der Waals surface area contributed by atoms with Gasteiger partial charge in [0, 0.05) is 31.0 Å². The number of ether oxygens (including phenoxy) is 1. The standard InChI is InChI=1S/C14H24N2OS/c1-13(2,3)12-16-11(9-18-12)8-15-10-14(17-4)6-5-7-14/h9,15H,5-8,10H2,1-4H3. The van der Waals surface area contributed by atoms with Crippen LogP contribution in [0.1, 0.15) is 50.7 Å². The topological polar surface area (TPSA) is 34.1 Å². The molecule has 0 spiro atoms. The zero-order valence-electron chi connectivity index (χ0n) is 11.9. The first-order chi connectivity index (χ1) is 8.45. The highest BCUT2D eigenvalue weighted by Crippen LogP contribution is 2.34. The molecule has 18 heavy (non-hydrogen) atoms. The molecule has 0 radical (unpaired) electrons. The normalized spacial score (nSPS) is 18.7. The van der Waals surface area contributed by atoms with Gasteiger partial charge in [-0.05, 0) is 19.3 Å². The zero-order chi connectivity index (χ0) is 13.2. The predicted octanol–water partition coefficient (Wildman–Crippen LogP) is 3.10. The second kappa shape index (κ2) is 5.27. The Bertz CT molecular complexity index is 385. The fourth-order valence-electron chi connectivity index (χ4n) is 2.18. The second-order valence-electron chi connectivity index (χ2n) is 6.24. The summed E-state index contributed by atoms with van der Waals surface area (Å²) in [6, 6.07) is 0. The molecule has 0 unspecified atom stereocenters. The summed E-state index contributed by atoms with van der Waals surface area (Å²) in [7, 11) is 1.82. The van der Waals surface area contributed by atoms with Crippen molar-refractivity contribution < 1.29 is 4.74 Å². The van der Waals surface area contributed by atoms with Gasteiger partial charge in [-0.3, -0.25) is 0 Å². The highest BCUT2D eigenvalue weighted by Gasteiger charge is 2.36. The van der Waals surface area contributed by atoms with Crippen LogP contribution in [0, 0.1) is 0 Å². The molecule has 3 nitrogen and oxygen atoms in total. The molecule has 2 rings (SSSR count). The SMILES string of the molecule is COC1(CNCc2csc(C(C)(C)C)n2)CCC1. The number of rotatable bonds is 5. The molecule has 4 heteroatoms. The molecule has 0 saturated heterocycles. The third-order valence-corrected chi connectivity index (χ3v) is 4.96. The van der Waals surface area contributed by atoms with E-state index in [1.54, 1.807) is 11.3 Å². The van der Waals surface area contributed by atoms with Crippen LogP contribution in [0.5, 0.6) is 0 Å². The summed E-state index contributed by atoms with van der Waals surface area (Å²) in [6.07, 6.45) is 3.65. The van der Waals surface area contributed by atoms with Crippen molar-refractivity contribution in [3.63, 3.8) is 0 Å². The summed E-state index contributed by atoms with van der Waals surface area (Å²) in [5, 5.41) is 6.85. The fraction of sp³-hybridized carbons (Fsp3) is 0.786. The molecule has 0 atom stereocenters. The number of nitrogens with one attached hydrogen (secondary N) is 1. The first-order valence-electron chi connectivity index (χ1n) is 6.66. The average Bonchev–Trinajstić information content (AvgIpc) is 2.70. The number of nitrogens with zero attached hydrogens (tertiary/aromatic N) is 1. The Morgan fingerprint density at radius 2 is 2.17 bits per heavy atom. The maximum atomic E-state index is 5.59. The van der Waals surface area contributed by atoms with Crippen molar-refractivity contribution in [1.29, 1.82) is 0 Å². The van der Waals surface area contributed by atoms with Crippen LogP contribution in [0.4, 0.5) is 0 Å². The van der Waals surface area contributed by atoms with Crippen molar-refractivity contribution in [2.75, 3.05) is 13.7 Å². The monoisotopic (exact) mass is 268 g/mol. The Hall–Kier alpha value is -0.450. The lowest BCUT2D eigenvalue weighted by Gasteiger charge is -2.40. The van der Waals surface area contributed by atoms with Crippen molar-refractivity contribution in [2.45, 2.75) is 57.6 Å². The Balaban J connectivity index is 1.82. The molecule has 0 amide bonds. The molecule has 1 N–H and O–H groups in total. The van der Waals surface area contributed by atoms with E-state index in [9.17, 15) is 0 Å². The van der Waals surface area contributed by atoms with Gasteiger partial charge in [0.2, 0.25) is 0 Å². The van der Waals surface area contributed by atoms with Crippen LogP contribution in [0.25, 0.3) is 0 Å². The first-order valence-corrected chi connectivity index (χ1v) is 7.54. The van der Waals surface area contributed by atoms with E-state index in [1.807, 2.05) is 7.11 Å². The van der Waals surface area contributed by atoms with E-state index in [0.29, 0.717) is 0 Å². The smallest absolute Gasteiger partial charge is 0.0982 e. The summed E-state index contributed by atoms with van der Waals surface area (Å²) >= 11 is 1.76. The summed E-state index contributed by atoms with van der Waals surface area (Å²) in [5.41, 5.74) is 1.41. The van der Waals surface area contributed by atoms with Crippen LogP contribution in [-0.4, -0.2) is 24.2 Å². The van der Waals surface area contributed by atoms with E-state index in [4.69, 9.17) is 4.74 Å². The van der Waals surface area contributed by atoms with E-state index >= 15 is 0 Å². The lowest BCUT2D eigenvalue weighted by atomic mass is 9.80. The minimum absolute atomic E-state index is 0.100. The minimum Gasteiger partial charge on any atom is -0.377 e. The molecule has 102 valence electrons. The fourth-order valence-corrected chi connectivity index (χ4v) is 3.08. The first kappa shape index (κ1) is 14.0. The van der Waals surface area contributed by atoms with Crippen molar-refractivity contribution in [1.82, 2.24) is 10.3 Å². The third-order valence-electron chi connectivity index (χ3n) is 3.64. The summed E-state index contributed by atoms with van der Waals surface area (Å²) in [4.78, 5) is 4.69. The van der Waals surface area contributed by atoms with Gasteiger partial charge < -0.3 is 10.1 Å². The van der Waals surface area contributed by atoms with Crippen molar-refractivity contribution in [3.05, 3.63) is 16.1 Å². The lowest BCUT2D eigenvalue weighted by molar-refractivity contribution is -0.0695. The number of hydrogen-bond acceptors (Lipinski definition) is 4. The molecular weight excluding hydrogens is 244 g/mol. The van der Waals surface area contributed by atoms with Crippen LogP contribution < -0.4 is 5.32 Å². The Kier molecular flexibility index (Phi) is 4.09. The maximum Gasteiger partial charge on any atom is 0.0982 e. The zero-order valence-corrected chi connectivity index (χ0v) is 12.7. The van der Waals surface area contributed by atoms with Crippen molar-refractivity contribution in [3.8, 4) is 0 Å². The number of methoxy groups -OCH3 is 1. The minimum atomic E-state index is 0.100. The van der Waals surface area contributed by atoms with E-state index in [0.717, 1.165) is 18.8 Å². The van der Waals surface area contributed by atoms with Crippen LogP contribution >= 0.6 is 11.3 Å². The van der Waals surface area contributed by atoms with Gasteiger partial charge in [0.05, 0.1) is 16.3 Å². The molecule has 1 heterocycles.